The maximum atomic E-state index is 9.31. The van der Waals surface area contributed by atoms with Crippen LogP contribution >= 0.6 is 0 Å². The molecule has 1 atom stereocenters. The molecule has 0 saturated heterocycles. The van der Waals surface area contributed by atoms with Crippen molar-refractivity contribution in [2.45, 2.75) is 25.9 Å². The molecule has 0 heterocycles. The molecule has 52 valence electrons. The predicted molar refractivity (Wildman–Crippen MR) is 40.3 cm³/mol. The zero-order chi connectivity index (χ0) is 7.49. The van der Waals surface area contributed by atoms with Crippen molar-refractivity contribution >= 4 is 0 Å². The van der Waals surface area contributed by atoms with Gasteiger partial charge >= 0.3 is 0 Å². The van der Waals surface area contributed by atoms with Crippen LogP contribution in [-0.2, 0) is 0 Å². The van der Waals surface area contributed by atoms with Crippen molar-refractivity contribution in [3.63, 3.8) is 0 Å². The summed E-state index contributed by atoms with van der Waals surface area (Å²) < 4.78 is 0. The second kappa shape index (κ2) is 2.83. The number of hydrogen-bond donors (Lipinski definition) is 1. The quantitative estimate of drug-likeness (QED) is 0.572. The first kappa shape index (κ1) is 8.44. The topological polar surface area (TPSA) is 20.2 Å². The van der Waals surface area contributed by atoms with Gasteiger partial charge < -0.3 is 5.11 Å². The van der Waals surface area contributed by atoms with Crippen LogP contribution in [0.15, 0.2) is 24.8 Å². The summed E-state index contributed by atoms with van der Waals surface area (Å²) in [5.41, 5.74) is 0.200. The monoisotopic (exact) mass is 126 g/mol. The summed E-state index contributed by atoms with van der Waals surface area (Å²) in [6, 6.07) is 0. The van der Waals surface area contributed by atoms with E-state index in [4.69, 9.17) is 0 Å². The Morgan fingerprint density at radius 3 is 2.33 bits per heavy atom. The molecule has 0 spiro atoms. The Morgan fingerprint density at radius 2 is 2.22 bits per heavy atom. The van der Waals surface area contributed by atoms with Crippen molar-refractivity contribution in [3.05, 3.63) is 24.8 Å². The molecule has 0 aliphatic carbocycles. The van der Waals surface area contributed by atoms with Crippen molar-refractivity contribution in [2.75, 3.05) is 0 Å². The summed E-state index contributed by atoms with van der Waals surface area (Å²) in [6.45, 7) is 10.8. The smallest absolute Gasteiger partial charge is 0.0833 e. The van der Waals surface area contributed by atoms with Crippen LogP contribution in [0.25, 0.3) is 0 Å². The molecule has 0 aromatic heterocycles. The number of rotatable bonds is 3. The normalized spacial score (nSPS) is 16.3. The van der Waals surface area contributed by atoms with Crippen LogP contribution in [0, 0.1) is 0 Å². The van der Waals surface area contributed by atoms with E-state index in [9.17, 15) is 5.11 Å². The third kappa shape index (κ3) is 3.98. The van der Waals surface area contributed by atoms with E-state index in [1.807, 2.05) is 6.92 Å². The summed E-state index contributed by atoms with van der Waals surface area (Å²) in [6.07, 6.45) is 2.12. The molecular formula is C8H14O. The van der Waals surface area contributed by atoms with Crippen LogP contribution in [-0.4, -0.2) is 10.7 Å². The first-order valence-corrected chi connectivity index (χ1v) is 2.98. The third-order valence-corrected chi connectivity index (χ3v) is 1.10. The second-order valence-corrected chi connectivity index (χ2v) is 2.70. The van der Waals surface area contributed by atoms with E-state index in [2.05, 4.69) is 13.2 Å². The lowest BCUT2D eigenvalue weighted by Gasteiger charge is -2.17. The minimum Gasteiger partial charge on any atom is -0.386 e. The van der Waals surface area contributed by atoms with Gasteiger partial charge in [-0.05, 0) is 20.3 Å². The fraction of sp³-hybridized carbons (Fsp3) is 0.500. The highest BCUT2D eigenvalue weighted by atomic mass is 16.3. The average molecular weight is 126 g/mol. The second-order valence-electron chi connectivity index (χ2n) is 2.70. The van der Waals surface area contributed by atoms with Crippen LogP contribution in [0.4, 0.5) is 0 Å². The minimum atomic E-state index is -0.772. The highest BCUT2D eigenvalue weighted by Gasteiger charge is 2.13. The van der Waals surface area contributed by atoms with E-state index in [-0.39, 0.29) is 0 Å². The largest absolute Gasteiger partial charge is 0.386 e. The standard InChI is InChI=1S/C8H14O/c1-5-8(4,9)6-7(2)3/h5,9H,1-2,6H2,3-4H3. The fourth-order valence-electron chi connectivity index (χ4n) is 0.683. The molecular weight excluding hydrogens is 112 g/mol. The van der Waals surface area contributed by atoms with Gasteiger partial charge in [-0.2, -0.15) is 0 Å². The van der Waals surface area contributed by atoms with E-state index in [0.717, 1.165) is 5.57 Å². The third-order valence-electron chi connectivity index (χ3n) is 1.10. The van der Waals surface area contributed by atoms with Crippen molar-refractivity contribution in [1.82, 2.24) is 0 Å². The van der Waals surface area contributed by atoms with Gasteiger partial charge in [0.2, 0.25) is 0 Å². The maximum absolute atomic E-state index is 9.31. The summed E-state index contributed by atoms with van der Waals surface area (Å²) in [5.74, 6) is 0. The van der Waals surface area contributed by atoms with E-state index in [0.29, 0.717) is 6.42 Å². The molecule has 0 aromatic carbocycles. The van der Waals surface area contributed by atoms with Gasteiger partial charge in [-0.15, -0.1) is 13.2 Å². The SMILES string of the molecule is C=CC(C)(O)CC(=C)C. The van der Waals surface area contributed by atoms with Crippen molar-refractivity contribution < 1.29 is 5.11 Å². The first-order valence-electron chi connectivity index (χ1n) is 2.98. The van der Waals surface area contributed by atoms with Gasteiger partial charge in [0.25, 0.3) is 0 Å². The Morgan fingerprint density at radius 1 is 1.78 bits per heavy atom. The minimum absolute atomic E-state index is 0.594. The molecule has 0 aliphatic heterocycles. The zero-order valence-corrected chi connectivity index (χ0v) is 6.15. The summed E-state index contributed by atoms with van der Waals surface area (Å²) in [7, 11) is 0. The van der Waals surface area contributed by atoms with Crippen molar-refractivity contribution in [2.24, 2.45) is 0 Å². The Balaban J connectivity index is 3.86. The maximum Gasteiger partial charge on any atom is 0.0833 e. The van der Waals surface area contributed by atoms with Gasteiger partial charge in [-0.1, -0.05) is 11.6 Å². The van der Waals surface area contributed by atoms with Crippen LogP contribution < -0.4 is 0 Å². The van der Waals surface area contributed by atoms with Crippen LogP contribution in [0.3, 0.4) is 0 Å². The van der Waals surface area contributed by atoms with E-state index in [1.54, 1.807) is 6.92 Å². The molecule has 0 saturated carbocycles. The highest BCUT2D eigenvalue weighted by molar-refractivity contribution is 5.03. The Hall–Kier alpha value is -0.560. The molecule has 0 bridgehead atoms. The van der Waals surface area contributed by atoms with Crippen LogP contribution in [0.2, 0.25) is 0 Å². The zero-order valence-electron chi connectivity index (χ0n) is 6.15. The summed E-state index contributed by atoms with van der Waals surface area (Å²) in [5, 5.41) is 9.31. The van der Waals surface area contributed by atoms with Gasteiger partial charge in [-0.25, -0.2) is 0 Å². The van der Waals surface area contributed by atoms with E-state index in [1.165, 1.54) is 6.08 Å². The van der Waals surface area contributed by atoms with Crippen LogP contribution in [0.1, 0.15) is 20.3 Å². The molecule has 0 amide bonds. The number of hydrogen-bond acceptors (Lipinski definition) is 1. The van der Waals surface area contributed by atoms with Crippen molar-refractivity contribution in [1.29, 1.82) is 0 Å². The Kier molecular flexibility index (Phi) is 2.65. The van der Waals surface area contributed by atoms with E-state index >= 15 is 0 Å². The fourth-order valence-corrected chi connectivity index (χ4v) is 0.683. The lowest BCUT2D eigenvalue weighted by molar-refractivity contribution is 0.113. The molecule has 1 N–H and O–H groups in total. The van der Waals surface area contributed by atoms with Gasteiger partial charge in [0.15, 0.2) is 0 Å². The molecule has 0 aliphatic rings. The summed E-state index contributed by atoms with van der Waals surface area (Å²) in [4.78, 5) is 0. The lowest BCUT2D eigenvalue weighted by atomic mass is 9.99. The lowest BCUT2D eigenvalue weighted by Crippen LogP contribution is -2.19. The Bertz CT molecular complexity index is 123. The van der Waals surface area contributed by atoms with Crippen molar-refractivity contribution in [3.8, 4) is 0 Å². The average Bonchev–Trinajstić information content (AvgIpc) is 1.63. The molecule has 0 radical (unpaired) electrons. The predicted octanol–water partition coefficient (Wildman–Crippen LogP) is 1.89. The molecule has 1 heteroatoms. The molecule has 9 heavy (non-hydrogen) atoms. The molecule has 0 rings (SSSR count). The highest BCUT2D eigenvalue weighted by Crippen LogP contribution is 2.14. The molecule has 0 fully saturated rings. The van der Waals surface area contributed by atoms with Crippen LogP contribution in [0.5, 0.6) is 0 Å². The first-order chi connectivity index (χ1) is 3.98. The summed E-state index contributed by atoms with van der Waals surface area (Å²) >= 11 is 0. The molecule has 0 aromatic rings. The Labute approximate surface area is 56.7 Å². The van der Waals surface area contributed by atoms with Gasteiger partial charge in [0.05, 0.1) is 5.60 Å². The molecule has 1 unspecified atom stereocenters. The van der Waals surface area contributed by atoms with Gasteiger partial charge in [0.1, 0.15) is 0 Å². The van der Waals surface area contributed by atoms with E-state index < -0.39 is 5.60 Å². The number of aliphatic hydroxyl groups is 1. The van der Waals surface area contributed by atoms with Gasteiger partial charge in [-0.3, -0.25) is 0 Å². The molecule has 1 nitrogen and oxygen atoms in total. The van der Waals surface area contributed by atoms with Gasteiger partial charge in [0, 0.05) is 0 Å².